The Morgan fingerprint density at radius 1 is 1.33 bits per heavy atom. The highest BCUT2D eigenvalue weighted by Gasteiger charge is 2.39. The van der Waals surface area contributed by atoms with Crippen LogP contribution in [-0.2, 0) is 0 Å². The molecule has 3 heteroatoms. The van der Waals surface area contributed by atoms with Crippen molar-refractivity contribution in [1.82, 2.24) is 5.32 Å². The molecular weight excluding hydrogens is 229 g/mol. The van der Waals surface area contributed by atoms with Crippen molar-refractivity contribution in [2.75, 3.05) is 6.54 Å². The molecule has 2 aliphatic rings. The van der Waals surface area contributed by atoms with E-state index in [-0.39, 0.29) is 5.82 Å². The summed E-state index contributed by atoms with van der Waals surface area (Å²) < 4.78 is 13.6. The number of halogens is 1. The summed E-state index contributed by atoms with van der Waals surface area (Å²) in [6, 6.07) is 6.89. The van der Waals surface area contributed by atoms with Gasteiger partial charge in [-0.1, -0.05) is 24.6 Å². The summed E-state index contributed by atoms with van der Waals surface area (Å²) in [6.45, 7) is 1.07. The summed E-state index contributed by atoms with van der Waals surface area (Å²) in [5, 5.41) is 13.7. The van der Waals surface area contributed by atoms with E-state index in [0.717, 1.165) is 12.5 Å². The first-order valence-electron chi connectivity index (χ1n) is 6.91. The van der Waals surface area contributed by atoms with Crippen LogP contribution in [0.1, 0.15) is 37.4 Å². The van der Waals surface area contributed by atoms with Crippen molar-refractivity contribution in [3.8, 4) is 0 Å². The molecule has 1 heterocycles. The molecule has 1 aliphatic heterocycles. The molecule has 0 amide bonds. The second-order valence-electron chi connectivity index (χ2n) is 5.64. The normalized spacial score (nSPS) is 32.4. The zero-order valence-electron chi connectivity index (χ0n) is 10.5. The van der Waals surface area contributed by atoms with Gasteiger partial charge >= 0.3 is 0 Å². The Kier molecular flexibility index (Phi) is 3.35. The van der Waals surface area contributed by atoms with Crippen LogP contribution in [0.15, 0.2) is 24.3 Å². The first-order chi connectivity index (χ1) is 8.75. The number of fused-ring (bicyclic) bond motifs is 1. The molecular formula is C15H20FNO. The Morgan fingerprint density at radius 3 is 3.00 bits per heavy atom. The third kappa shape index (κ3) is 2.17. The van der Waals surface area contributed by atoms with E-state index in [4.69, 9.17) is 0 Å². The van der Waals surface area contributed by atoms with Crippen LogP contribution in [-0.4, -0.2) is 17.7 Å². The Hall–Kier alpha value is -0.930. The van der Waals surface area contributed by atoms with Crippen molar-refractivity contribution in [1.29, 1.82) is 0 Å². The highest BCUT2D eigenvalue weighted by atomic mass is 19.1. The number of benzene rings is 1. The topological polar surface area (TPSA) is 32.3 Å². The maximum atomic E-state index is 13.6. The average molecular weight is 249 g/mol. The molecule has 1 saturated carbocycles. The van der Waals surface area contributed by atoms with Gasteiger partial charge in [-0.15, -0.1) is 0 Å². The lowest BCUT2D eigenvalue weighted by Crippen LogP contribution is -2.29. The molecule has 2 nitrogen and oxygen atoms in total. The smallest absolute Gasteiger partial charge is 0.128 e. The lowest BCUT2D eigenvalue weighted by Gasteiger charge is -2.22. The highest BCUT2D eigenvalue weighted by molar-refractivity contribution is 5.20. The molecule has 0 radical (unpaired) electrons. The summed E-state index contributed by atoms with van der Waals surface area (Å²) in [7, 11) is 0. The molecule has 1 aromatic carbocycles. The van der Waals surface area contributed by atoms with Crippen molar-refractivity contribution < 1.29 is 9.50 Å². The minimum absolute atomic E-state index is 0.300. The quantitative estimate of drug-likeness (QED) is 0.863. The molecule has 1 aliphatic carbocycles. The fourth-order valence-electron chi connectivity index (χ4n) is 3.67. The standard InChI is InChI=1S/C15H20FNO/c16-13-7-2-1-5-12(13)15(18)8-14-11-6-3-4-10(11)9-17-14/h1-2,5,7,10-11,14-15,17-18H,3-4,6,8-9H2. The van der Waals surface area contributed by atoms with Crippen molar-refractivity contribution in [2.45, 2.75) is 37.8 Å². The van der Waals surface area contributed by atoms with Crippen LogP contribution in [0.3, 0.4) is 0 Å². The molecule has 2 fully saturated rings. The SMILES string of the molecule is OC(CC1NCC2CCCC21)c1ccccc1F. The Bertz CT molecular complexity index is 423. The Labute approximate surface area is 107 Å². The van der Waals surface area contributed by atoms with E-state index in [1.807, 2.05) is 0 Å². The van der Waals surface area contributed by atoms with E-state index in [2.05, 4.69) is 5.32 Å². The number of aliphatic hydroxyl groups excluding tert-OH is 1. The van der Waals surface area contributed by atoms with Gasteiger partial charge in [-0.25, -0.2) is 4.39 Å². The van der Waals surface area contributed by atoms with Crippen LogP contribution in [0.4, 0.5) is 4.39 Å². The second kappa shape index (κ2) is 4.98. The number of rotatable bonds is 3. The van der Waals surface area contributed by atoms with E-state index in [9.17, 15) is 9.50 Å². The van der Waals surface area contributed by atoms with E-state index in [1.54, 1.807) is 18.2 Å². The number of hydrogen-bond acceptors (Lipinski definition) is 2. The van der Waals surface area contributed by atoms with Crippen LogP contribution in [0.5, 0.6) is 0 Å². The third-order valence-corrected chi connectivity index (χ3v) is 4.62. The maximum absolute atomic E-state index is 13.6. The molecule has 2 N–H and O–H groups in total. The van der Waals surface area contributed by atoms with Crippen LogP contribution in [0.2, 0.25) is 0 Å². The molecule has 0 spiro atoms. The van der Waals surface area contributed by atoms with Gasteiger partial charge in [0.15, 0.2) is 0 Å². The number of hydrogen-bond donors (Lipinski definition) is 2. The van der Waals surface area contributed by atoms with Gasteiger partial charge in [0.05, 0.1) is 6.10 Å². The molecule has 0 aromatic heterocycles. The van der Waals surface area contributed by atoms with Gasteiger partial charge in [0.25, 0.3) is 0 Å². The highest BCUT2D eigenvalue weighted by Crippen LogP contribution is 2.40. The van der Waals surface area contributed by atoms with Gasteiger partial charge in [-0.05, 0) is 43.7 Å². The van der Waals surface area contributed by atoms with Gasteiger partial charge < -0.3 is 10.4 Å². The minimum Gasteiger partial charge on any atom is -0.388 e. The summed E-state index contributed by atoms with van der Waals surface area (Å²) in [6.07, 6.45) is 3.81. The fraction of sp³-hybridized carbons (Fsp3) is 0.600. The molecule has 98 valence electrons. The number of aliphatic hydroxyl groups is 1. The first-order valence-corrected chi connectivity index (χ1v) is 6.91. The summed E-state index contributed by atoms with van der Waals surface area (Å²) in [4.78, 5) is 0. The monoisotopic (exact) mass is 249 g/mol. The Morgan fingerprint density at radius 2 is 2.17 bits per heavy atom. The number of nitrogens with one attached hydrogen (secondary N) is 1. The van der Waals surface area contributed by atoms with Gasteiger partial charge in [0, 0.05) is 11.6 Å². The van der Waals surface area contributed by atoms with Crippen molar-refractivity contribution in [3.05, 3.63) is 35.6 Å². The van der Waals surface area contributed by atoms with Gasteiger partial charge in [0.1, 0.15) is 5.82 Å². The molecule has 4 atom stereocenters. The van der Waals surface area contributed by atoms with E-state index < -0.39 is 6.10 Å². The molecule has 1 saturated heterocycles. The lowest BCUT2D eigenvalue weighted by atomic mass is 9.89. The first kappa shape index (κ1) is 12.1. The van der Waals surface area contributed by atoms with Crippen LogP contribution >= 0.6 is 0 Å². The van der Waals surface area contributed by atoms with Gasteiger partial charge in [-0.2, -0.15) is 0 Å². The maximum Gasteiger partial charge on any atom is 0.128 e. The summed E-state index contributed by atoms with van der Waals surface area (Å²) >= 11 is 0. The van der Waals surface area contributed by atoms with Crippen LogP contribution in [0, 0.1) is 17.7 Å². The lowest BCUT2D eigenvalue weighted by molar-refractivity contribution is 0.141. The zero-order valence-corrected chi connectivity index (χ0v) is 10.5. The zero-order chi connectivity index (χ0) is 12.5. The third-order valence-electron chi connectivity index (χ3n) is 4.62. The van der Waals surface area contributed by atoms with Crippen molar-refractivity contribution in [3.63, 3.8) is 0 Å². The van der Waals surface area contributed by atoms with Crippen molar-refractivity contribution >= 4 is 0 Å². The van der Waals surface area contributed by atoms with Crippen LogP contribution in [0.25, 0.3) is 0 Å². The fourth-order valence-corrected chi connectivity index (χ4v) is 3.67. The molecule has 0 bridgehead atoms. The van der Waals surface area contributed by atoms with E-state index >= 15 is 0 Å². The summed E-state index contributed by atoms with van der Waals surface area (Å²) in [5.41, 5.74) is 0.431. The minimum atomic E-state index is -0.692. The van der Waals surface area contributed by atoms with Gasteiger partial charge in [0.2, 0.25) is 0 Å². The van der Waals surface area contributed by atoms with E-state index in [0.29, 0.717) is 23.9 Å². The van der Waals surface area contributed by atoms with Gasteiger partial charge in [-0.3, -0.25) is 0 Å². The largest absolute Gasteiger partial charge is 0.388 e. The predicted molar refractivity (Wildman–Crippen MR) is 68.6 cm³/mol. The van der Waals surface area contributed by atoms with E-state index in [1.165, 1.54) is 25.3 Å². The molecule has 4 unspecified atom stereocenters. The molecule has 1 aromatic rings. The molecule has 3 rings (SSSR count). The predicted octanol–water partition coefficient (Wildman–Crippen LogP) is 2.64. The second-order valence-corrected chi connectivity index (χ2v) is 5.64. The summed E-state index contributed by atoms with van der Waals surface area (Å²) in [5.74, 6) is 1.17. The average Bonchev–Trinajstić information content (AvgIpc) is 2.94. The molecule has 18 heavy (non-hydrogen) atoms. The van der Waals surface area contributed by atoms with Crippen LogP contribution < -0.4 is 5.32 Å². The van der Waals surface area contributed by atoms with Crippen molar-refractivity contribution in [2.24, 2.45) is 11.8 Å². The Balaban J connectivity index is 1.68.